The molecule has 1 aliphatic heterocycles. The Morgan fingerprint density at radius 3 is 2.56 bits per heavy atom. The van der Waals surface area contributed by atoms with E-state index in [0.29, 0.717) is 29.6 Å². The van der Waals surface area contributed by atoms with Crippen molar-refractivity contribution in [2.45, 2.75) is 83.5 Å². The second kappa shape index (κ2) is 14.0. The molecule has 258 valence electrons. The number of rotatable bonds is 11. The Hall–Kier alpha value is -3.15. The van der Waals surface area contributed by atoms with Gasteiger partial charge in [-0.2, -0.15) is 0 Å². The average molecular weight is 698 g/mol. The Kier molecular flexibility index (Phi) is 10.1. The zero-order valence-corrected chi connectivity index (χ0v) is 30.1. The van der Waals surface area contributed by atoms with E-state index in [-0.39, 0.29) is 30.3 Å². The number of carbonyl (C=O) groups excluding carboxylic acids is 1. The van der Waals surface area contributed by atoms with Crippen molar-refractivity contribution in [3.05, 3.63) is 64.5 Å². The maximum atomic E-state index is 13.2. The minimum absolute atomic E-state index is 0.0355. The summed E-state index contributed by atoms with van der Waals surface area (Å²) in [5.41, 5.74) is 1.42. The second-order valence-electron chi connectivity index (χ2n) is 14.3. The van der Waals surface area contributed by atoms with E-state index in [1.165, 1.54) is 0 Å². The minimum atomic E-state index is -0.654. The normalized spacial score (nSPS) is 21.9. The third kappa shape index (κ3) is 7.68. The Morgan fingerprint density at radius 1 is 1.06 bits per heavy atom. The molecule has 3 heterocycles. The van der Waals surface area contributed by atoms with Crippen molar-refractivity contribution in [3.8, 4) is 0 Å². The fraction of sp³-hybridized carbons (Fsp3) is 0.528. The van der Waals surface area contributed by atoms with Gasteiger partial charge in [0.2, 0.25) is 0 Å². The van der Waals surface area contributed by atoms with Gasteiger partial charge < -0.3 is 34.3 Å². The largest absolute Gasteiger partial charge is 0.444 e. The molecule has 2 N–H and O–H groups in total. The Bertz CT molecular complexity index is 1770. The summed E-state index contributed by atoms with van der Waals surface area (Å²) < 4.78 is 20.9. The molecule has 0 radical (unpaired) electrons. The summed E-state index contributed by atoms with van der Waals surface area (Å²) in [5, 5.41) is 10.9. The number of anilines is 1. The number of nitrogens with one attached hydrogen (secondary N) is 2. The molecular weight excluding hydrogens is 651 g/mol. The van der Waals surface area contributed by atoms with Crippen LogP contribution in [0.1, 0.15) is 59.1 Å². The molecular formula is C36H46Cl2N6O4. The average Bonchev–Trinajstić information content (AvgIpc) is 3.68. The lowest BCUT2D eigenvalue weighted by atomic mass is 10.0. The second-order valence-corrected chi connectivity index (χ2v) is 15.1. The van der Waals surface area contributed by atoms with E-state index in [9.17, 15) is 4.79 Å². The van der Waals surface area contributed by atoms with Gasteiger partial charge in [-0.15, -0.1) is 0 Å². The van der Waals surface area contributed by atoms with Gasteiger partial charge in [-0.3, -0.25) is 0 Å². The topological polar surface area (TPSA) is 103 Å². The molecule has 10 nitrogen and oxygen atoms in total. The number of hydrogen-bond acceptors (Lipinski definition) is 8. The van der Waals surface area contributed by atoms with Gasteiger partial charge in [0.05, 0.1) is 27.6 Å². The van der Waals surface area contributed by atoms with Gasteiger partial charge in [0.15, 0.2) is 5.79 Å². The number of ether oxygens (including phenoxy) is 3. The van der Waals surface area contributed by atoms with Crippen LogP contribution >= 0.6 is 23.2 Å². The van der Waals surface area contributed by atoms with E-state index >= 15 is 0 Å². The number of amides is 1. The number of fused-ring (bicyclic) bond motifs is 3. The highest BCUT2D eigenvalue weighted by molar-refractivity contribution is 6.42. The van der Waals surface area contributed by atoms with Gasteiger partial charge in [-0.05, 0) is 95.0 Å². The first-order chi connectivity index (χ1) is 22.8. The zero-order chi connectivity index (χ0) is 34.2. The van der Waals surface area contributed by atoms with Crippen LogP contribution in [-0.2, 0) is 20.6 Å². The van der Waals surface area contributed by atoms with E-state index < -0.39 is 11.4 Å². The van der Waals surface area contributed by atoms with E-state index in [1.54, 1.807) is 6.33 Å². The summed E-state index contributed by atoms with van der Waals surface area (Å²) in [5.74, 6) is 0.407. The third-order valence-electron chi connectivity index (χ3n) is 9.11. The molecule has 1 saturated heterocycles. The summed E-state index contributed by atoms with van der Waals surface area (Å²) >= 11 is 12.5. The van der Waals surface area contributed by atoms with Crippen LogP contribution in [0.3, 0.4) is 0 Å². The number of benzene rings is 2. The Balaban J connectivity index is 1.07. The number of nitrogens with zero attached hydrogens (tertiary/aromatic N) is 4. The molecule has 6 rings (SSSR count). The monoisotopic (exact) mass is 696 g/mol. The first-order valence-electron chi connectivity index (χ1n) is 16.7. The van der Waals surface area contributed by atoms with Crippen molar-refractivity contribution in [1.82, 2.24) is 24.8 Å². The highest BCUT2D eigenvalue weighted by Crippen LogP contribution is 2.47. The maximum Gasteiger partial charge on any atom is 0.410 e. The standard InChI is InChI=1S/C36H46Cl2N6O4/c1-35(2,3)48-34(45)43(14-10-22-8-9-23-17-27(37)28(38)18-24(23)16-22)13-7-12-40-20-25-19-29(31-30(25)46-36(4,5)47-31)44-15-11-26-32(39-6)41-21-42-33(26)44/h8-9,11,15-18,21,25,29-31,40H,7,10,12-14,19-20H2,1-6H3,(H,39,41,42)/t25-,29-,30-,31+/m1/s1. The van der Waals surface area contributed by atoms with Crippen molar-refractivity contribution >= 4 is 56.9 Å². The minimum Gasteiger partial charge on any atom is -0.444 e. The molecule has 0 unspecified atom stereocenters. The van der Waals surface area contributed by atoms with Gasteiger partial charge >= 0.3 is 6.09 Å². The van der Waals surface area contributed by atoms with Crippen LogP contribution in [0.4, 0.5) is 10.6 Å². The first kappa shape index (κ1) is 34.7. The van der Waals surface area contributed by atoms with Gasteiger partial charge in [-0.1, -0.05) is 41.4 Å². The Morgan fingerprint density at radius 2 is 1.81 bits per heavy atom. The molecule has 0 bridgehead atoms. The van der Waals surface area contributed by atoms with Crippen LogP contribution in [0.5, 0.6) is 0 Å². The summed E-state index contributed by atoms with van der Waals surface area (Å²) in [7, 11) is 1.87. The van der Waals surface area contributed by atoms with Gasteiger partial charge in [0.25, 0.3) is 0 Å². The fourth-order valence-electron chi connectivity index (χ4n) is 6.98. The van der Waals surface area contributed by atoms with Crippen molar-refractivity contribution in [3.63, 3.8) is 0 Å². The molecule has 0 spiro atoms. The predicted octanol–water partition coefficient (Wildman–Crippen LogP) is 7.47. The van der Waals surface area contributed by atoms with Crippen LogP contribution in [0.2, 0.25) is 10.0 Å². The molecule has 48 heavy (non-hydrogen) atoms. The lowest BCUT2D eigenvalue weighted by Gasteiger charge is -2.28. The molecule has 4 aromatic rings. The lowest BCUT2D eigenvalue weighted by Crippen LogP contribution is -2.39. The predicted molar refractivity (Wildman–Crippen MR) is 191 cm³/mol. The van der Waals surface area contributed by atoms with Gasteiger partial charge in [-0.25, -0.2) is 14.8 Å². The first-order valence-corrected chi connectivity index (χ1v) is 17.5. The SMILES string of the molecule is CNc1ncnc2c1ccn2[C@@H]1C[C@H](CNCCCN(CCc2ccc3cc(Cl)c(Cl)cc3c2)C(=O)OC(C)(C)C)[C@H]2OC(C)(C)O[C@H]21. The van der Waals surface area contributed by atoms with Crippen molar-refractivity contribution in [2.24, 2.45) is 5.92 Å². The van der Waals surface area contributed by atoms with E-state index in [2.05, 4.69) is 49.6 Å². The lowest BCUT2D eigenvalue weighted by molar-refractivity contribution is -0.160. The molecule has 4 atom stereocenters. The molecule has 2 aliphatic rings. The summed E-state index contributed by atoms with van der Waals surface area (Å²) in [6.45, 7) is 12.3. The van der Waals surface area contributed by atoms with Crippen LogP contribution < -0.4 is 10.6 Å². The number of halogens is 2. The highest BCUT2D eigenvalue weighted by Gasteiger charge is 2.54. The van der Waals surface area contributed by atoms with Crippen LogP contribution in [-0.4, -0.2) is 82.4 Å². The van der Waals surface area contributed by atoms with Gasteiger partial charge in [0.1, 0.15) is 29.5 Å². The molecule has 2 aromatic carbocycles. The summed E-state index contributed by atoms with van der Waals surface area (Å²) in [6.07, 6.45) is 5.63. The number of hydrogen-bond donors (Lipinski definition) is 2. The molecule has 12 heteroatoms. The molecule has 1 amide bonds. The number of aromatic nitrogens is 3. The van der Waals surface area contributed by atoms with Crippen LogP contribution in [0, 0.1) is 5.92 Å². The summed E-state index contributed by atoms with van der Waals surface area (Å²) in [4.78, 5) is 24.0. The van der Waals surface area contributed by atoms with E-state index in [4.69, 9.17) is 37.4 Å². The summed E-state index contributed by atoms with van der Waals surface area (Å²) in [6, 6.07) is 12.1. The molecule has 1 saturated carbocycles. The highest BCUT2D eigenvalue weighted by atomic mass is 35.5. The fourth-order valence-corrected chi connectivity index (χ4v) is 7.33. The van der Waals surface area contributed by atoms with E-state index in [1.807, 2.05) is 64.8 Å². The smallest absolute Gasteiger partial charge is 0.410 e. The van der Waals surface area contributed by atoms with Crippen LogP contribution in [0.25, 0.3) is 21.8 Å². The van der Waals surface area contributed by atoms with Crippen molar-refractivity contribution in [2.75, 3.05) is 38.5 Å². The maximum absolute atomic E-state index is 13.2. The number of carbonyl (C=O) groups is 1. The van der Waals surface area contributed by atoms with Gasteiger partial charge in [0, 0.05) is 38.8 Å². The molecule has 1 aliphatic carbocycles. The van der Waals surface area contributed by atoms with E-state index in [0.717, 1.165) is 59.1 Å². The van der Waals surface area contributed by atoms with Crippen LogP contribution in [0.15, 0.2) is 48.9 Å². The quantitative estimate of drug-likeness (QED) is 0.156. The van der Waals surface area contributed by atoms with Crippen molar-refractivity contribution < 1.29 is 19.0 Å². The third-order valence-corrected chi connectivity index (χ3v) is 9.83. The zero-order valence-electron chi connectivity index (χ0n) is 28.6. The molecule has 2 fully saturated rings. The Labute approximate surface area is 292 Å². The van der Waals surface area contributed by atoms with Crippen molar-refractivity contribution in [1.29, 1.82) is 0 Å². The molecule has 2 aromatic heterocycles.